The number of likely N-dealkylation sites (N-methyl/N-ethyl adjacent to an activating group) is 1. The normalized spacial score (nSPS) is 11.1. The lowest BCUT2D eigenvalue weighted by Crippen LogP contribution is -2.40. The number of guanidine groups is 1. The van der Waals surface area contributed by atoms with Crippen LogP contribution >= 0.6 is 24.0 Å². The Hall–Kier alpha value is -2.63. The molecule has 0 radical (unpaired) electrons. The fraction of sp³-hybridized carbons (Fsp3) is 0.316. The molecular formula is C19H24FIN6O2. The summed E-state index contributed by atoms with van der Waals surface area (Å²) in [6.45, 7) is 4.13. The number of furan rings is 1. The Morgan fingerprint density at radius 1 is 1.31 bits per heavy atom. The first-order chi connectivity index (χ1) is 13.7. The number of aliphatic imine (C=N–C) groups is 1. The van der Waals surface area contributed by atoms with Gasteiger partial charge >= 0.3 is 0 Å². The van der Waals surface area contributed by atoms with Gasteiger partial charge in [0.1, 0.15) is 30.5 Å². The summed E-state index contributed by atoms with van der Waals surface area (Å²) in [5, 5.41) is 10.2. The number of H-pyrrole nitrogens is 1. The van der Waals surface area contributed by atoms with E-state index in [1.807, 2.05) is 18.9 Å². The second kappa shape index (κ2) is 11.4. The first kappa shape index (κ1) is 22.7. The van der Waals surface area contributed by atoms with Crippen LogP contribution in [0.5, 0.6) is 5.75 Å². The monoisotopic (exact) mass is 514 g/mol. The largest absolute Gasteiger partial charge is 0.492 e. The summed E-state index contributed by atoms with van der Waals surface area (Å²) in [4.78, 5) is 10.9. The van der Waals surface area contributed by atoms with Crippen LogP contribution in [0, 0.1) is 5.82 Å². The van der Waals surface area contributed by atoms with Crippen LogP contribution in [0.3, 0.4) is 0 Å². The number of nitrogens with zero attached hydrogens (tertiary/aromatic N) is 4. The molecule has 0 atom stereocenters. The zero-order valence-corrected chi connectivity index (χ0v) is 18.6. The Morgan fingerprint density at radius 2 is 2.10 bits per heavy atom. The molecule has 8 nitrogen and oxygen atoms in total. The molecule has 0 fully saturated rings. The molecule has 0 spiro atoms. The van der Waals surface area contributed by atoms with Crippen molar-refractivity contribution < 1.29 is 13.5 Å². The van der Waals surface area contributed by atoms with Gasteiger partial charge in [-0.2, -0.15) is 0 Å². The molecule has 156 valence electrons. The zero-order chi connectivity index (χ0) is 19.8. The van der Waals surface area contributed by atoms with Crippen LogP contribution in [0.25, 0.3) is 11.6 Å². The van der Waals surface area contributed by atoms with Gasteiger partial charge in [-0.15, -0.1) is 29.1 Å². The first-order valence-electron chi connectivity index (χ1n) is 8.98. The van der Waals surface area contributed by atoms with E-state index in [9.17, 15) is 4.39 Å². The van der Waals surface area contributed by atoms with Gasteiger partial charge in [0.25, 0.3) is 0 Å². The third kappa shape index (κ3) is 6.73. The van der Waals surface area contributed by atoms with Crippen LogP contribution in [0.15, 0.2) is 52.1 Å². The summed E-state index contributed by atoms with van der Waals surface area (Å²) in [5.74, 6) is 2.81. The molecule has 2 aromatic heterocycles. The highest BCUT2D eigenvalue weighted by molar-refractivity contribution is 14.0. The molecule has 0 saturated heterocycles. The van der Waals surface area contributed by atoms with Crippen LogP contribution in [-0.4, -0.2) is 52.8 Å². The van der Waals surface area contributed by atoms with Gasteiger partial charge in [-0.05, 0) is 43.3 Å². The Balaban J connectivity index is 0.00000300. The van der Waals surface area contributed by atoms with Crippen molar-refractivity contribution in [1.29, 1.82) is 0 Å². The highest BCUT2D eigenvalue weighted by Crippen LogP contribution is 2.14. The smallest absolute Gasteiger partial charge is 0.216 e. The lowest BCUT2D eigenvalue weighted by molar-refractivity contribution is 0.281. The van der Waals surface area contributed by atoms with E-state index in [2.05, 4.69) is 25.5 Å². The molecule has 3 rings (SSSR count). The maximum Gasteiger partial charge on any atom is 0.216 e. The number of hydrogen-bond donors (Lipinski definition) is 2. The molecular weight excluding hydrogens is 490 g/mol. The highest BCUT2D eigenvalue weighted by Gasteiger charge is 2.10. The molecule has 0 aliphatic rings. The second-order valence-electron chi connectivity index (χ2n) is 5.98. The van der Waals surface area contributed by atoms with E-state index in [1.54, 1.807) is 30.5 Å². The van der Waals surface area contributed by atoms with Crippen molar-refractivity contribution in [1.82, 2.24) is 25.4 Å². The van der Waals surface area contributed by atoms with Crippen LogP contribution in [0.2, 0.25) is 0 Å². The summed E-state index contributed by atoms with van der Waals surface area (Å²) in [5.41, 5.74) is 0. The number of hydrogen-bond acceptors (Lipinski definition) is 5. The number of halogens is 2. The minimum Gasteiger partial charge on any atom is -0.492 e. The first-order valence-corrected chi connectivity index (χ1v) is 8.98. The Morgan fingerprint density at radius 3 is 2.79 bits per heavy atom. The summed E-state index contributed by atoms with van der Waals surface area (Å²) in [6, 6.07) is 9.55. The molecule has 0 saturated carbocycles. The maximum absolute atomic E-state index is 12.9. The molecule has 2 heterocycles. The summed E-state index contributed by atoms with van der Waals surface area (Å²) in [7, 11) is 1.92. The molecule has 0 bridgehead atoms. The maximum atomic E-state index is 12.9. The van der Waals surface area contributed by atoms with E-state index >= 15 is 0 Å². The number of nitrogens with one attached hydrogen (secondary N) is 2. The molecule has 10 heteroatoms. The average molecular weight is 514 g/mol. The van der Waals surface area contributed by atoms with E-state index in [1.165, 1.54) is 12.1 Å². The predicted octanol–water partition coefficient (Wildman–Crippen LogP) is 3.30. The minimum atomic E-state index is -0.284. The van der Waals surface area contributed by atoms with Gasteiger partial charge in [-0.25, -0.2) is 14.4 Å². The van der Waals surface area contributed by atoms with Gasteiger partial charge < -0.3 is 19.4 Å². The number of aromatic nitrogens is 3. The van der Waals surface area contributed by atoms with Crippen molar-refractivity contribution in [3.63, 3.8) is 0 Å². The highest BCUT2D eigenvalue weighted by atomic mass is 127. The van der Waals surface area contributed by atoms with E-state index in [0.29, 0.717) is 42.9 Å². The van der Waals surface area contributed by atoms with E-state index in [-0.39, 0.29) is 29.8 Å². The lowest BCUT2D eigenvalue weighted by Gasteiger charge is -2.22. The molecule has 0 amide bonds. The molecule has 2 N–H and O–H groups in total. The van der Waals surface area contributed by atoms with Crippen molar-refractivity contribution in [3.8, 4) is 17.3 Å². The topological polar surface area (TPSA) is 91.6 Å². The van der Waals surface area contributed by atoms with E-state index in [0.717, 1.165) is 12.5 Å². The van der Waals surface area contributed by atoms with Crippen LogP contribution < -0.4 is 10.1 Å². The lowest BCUT2D eigenvalue weighted by atomic mass is 10.3. The summed E-state index contributed by atoms with van der Waals surface area (Å²) < 4.78 is 23.9. The van der Waals surface area contributed by atoms with Crippen molar-refractivity contribution in [2.45, 2.75) is 13.5 Å². The molecule has 29 heavy (non-hydrogen) atoms. The number of ether oxygens (including phenoxy) is 1. The van der Waals surface area contributed by atoms with Gasteiger partial charge in [-0.1, -0.05) is 0 Å². The minimum absolute atomic E-state index is 0. The van der Waals surface area contributed by atoms with Gasteiger partial charge in [-0.3, -0.25) is 5.10 Å². The van der Waals surface area contributed by atoms with E-state index in [4.69, 9.17) is 9.15 Å². The average Bonchev–Trinajstić information content (AvgIpc) is 3.38. The SMILES string of the molecule is CCNC(=NCc1nc(-c2ccco2)n[nH]1)N(C)CCOc1ccc(F)cc1.I. The fourth-order valence-electron chi connectivity index (χ4n) is 2.44. The molecule has 1 aromatic carbocycles. The van der Waals surface area contributed by atoms with Gasteiger partial charge in [0.15, 0.2) is 11.7 Å². The predicted molar refractivity (Wildman–Crippen MR) is 119 cm³/mol. The van der Waals surface area contributed by atoms with Crippen molar-refractivity contribution in [2.75, 3.05) is 26.7 Å². The summed E-state index contributed by atoms with van der Waals surface area (Å²) in [6.07, 6.45) is 1.58. The molecule has 0 aliphatic heterocycles. The van der Waals surface area contributed by atoms with Crippen LogP contribution in [-0.2, 0) is 6.54 Å². The van der Waals surface area contributed by atoms with E-state index < -0.39 is 0 Å². The fourth-order valence-corrected chi connectivity index (χ4v) is 2.44. The Kier molecular flexibility index (Phi) is 8.90. The van der Waals surface area contributed by atoms with Gasteiger partial charge in [0.2, 0.25) is 5.82 Å². The molecule has 3 aromatic rings. The van der Waals surface area contributed by atoms with Crippen molar-refractivity contribution >= 4 is 29.9 Å². The molecule has 0 unspecified atom stereocenters. The quantitative estimate of drug-likeness (QED) is 0.273. The number of benzene rings is 1. The standard InChI is InChI=1S/C19H23FN6O2.HI/c1-3-21-19(26(2)10-12-27-15-8-6-14(20)7-9-15)22-13-17-23-18(25-24-17)16-5-4-11-28-16;/h4-9,11H,3,10,12-13H2,1-2H3,(H,21,22)(H,23,24,25);1H. The van der Waals surface area contributed by atoms with Crippen molar-refractivity contribution in [2.24, 2.45) is 4.99 Å². The van der Waals surface area contributed by atoms with Crippen LogP contribution in [0.1, 0.15) is 12.7 Å². The third-order valence-electron chi connectivity index (χ3n) is 3.86. The number of aromatic amines is 1. The second-order valence-corrected chi connectivity index (χ2v) is 5.98. The molecule has 0 aliphatic carbocycles. The van der Waals surface area contributed by atoms with Gasteiger partial charge in [0, 0.05) is 13.6 Å². The zero-order valence-electron chi connectivity index (χ0n) is 16.3. The van der Waals surface area contributed by atoms with Gasteiger partial charge in [0.05, 0.1) is 12.8 Å². The number of rotatable bonds is 8. The summed E-state index contributed by atoms with van der Waals surface area (Å²) >= 11 is 0. The third-order valence-corrected chi connectivity index (χ3v) is 3.86. The van der Waals surface area contributed by atoms with Crippen LogP contribution in [0.4, 0.5) is 4.39 Å². The van der Waals surface area contributed by atoms with Crippen molar-refractivity contribution in [3.05, 3.63) is 54.3 Å². The Labute approximate surface area is 185 Å². The Bertz CT molecular complexity index is 883.